The minimum absolute atomic E-state index is 0.0468. The molecule has 1 amide bonds. The van der Waals surface area contributed by atoms with Gasteiger partial charge >= 0.3 is 0 Å². The molecule has 7 heteroatoms. The van der Waals surface area contributed by atoms with Crippen molar-refractivity contribution in [1.29, 1.82) is 0 Å². The van der Waals surface area contributed by atoms with Crippen molar-refractivity contribution in [2.75, 3.05) is 32.8 Å². The molecule has 144 valence electrons. The van der Waals surface area contributed by atoms with Crippen molar-refractivity contribution < 1.29 is 18.4 Å². The molecule has 1 fully saturated rings. The summed E-state index contributed by atoms with van der Waals surface area (Å²) in [5.41, 5.74) is 1.57. The van der Waals surface area contributed by atoms with E-state index >= 15 is 0 Å². The maximum Gasteiger partial charge on any atom is 0.257 e. The molecule has 2 aliphatic rings. The van der Waals surface area contributed by atoms with Crippen LogP contribution in [0.5, 0.6) is 0 Å². The molecule has 2 aromatic heterocycles. The Labute approximate surface area is 162 Å². The third kappa shape index (κ3) is 3.23. The number of benzene rings is 1. The van der Waals surface area contributed by atoms with Crippen LogP contribution in [0.4, 0.5) is 0 Å². The first-order valence-corrected chi connectivity index (χ1v) is 9.50. The largest absolute Gasteiger partial charge is 0.467 e. The number of ether oxygens (including phenoxy) is 1. The van der Waals surface area contributed by atoms with Gasteiger partial charge in [0.05, 0.1) is 26.0 Å². The van der Waals surface area contributed by atoms with Crippen LogP contribution in [0.15, 0.2) is 62.7 Å². The first-order chi connectivity index (χ1) is 13.8. The number of hydrazone groups is 1. The van der Waals surface area contributed by atoms with E-state index in [4.69, 9.17) is 13.6 Å². The number of para-hydroxylation sites is 1. The molecule has 0 saturated carbocycles. The molecular weight excluding hydrogens is 358 g/mol. The van der Waals surface area contributed by atoms with E-state index in [1.165, 1.54) is 0 Å². The van der Waals surface area contributed by atoms with Crippen LogP contribution in [0.3, 0.4) is 0 Å². The van der Waals surface area contributed by atoms with Crippen molar-refractivity contribution >= 4 is 22.6 Å². The topological polar surface area (TPSA) is 71.4 Å². The van der Waals surface area contributed by atoms with Gasteiger partial charge in [0.25, 0.3) is 5.91 Å². The molecule has 0 N–H and O–H groups in total. The van der Waals surface area contributed by atoms with Gasteiger partial charge in [-0.3, -0.25) is 9.69 Å². The highest BCUT2D eigenvalue weighted by Crippen LogP contribution is 2.34. The van der Waals surface area contributed by atoms with Crippen molar-refractivity contribution in [3.63, 3.8) is 0 Å². The quantitative estimate of drug-likeness (QED) is 0.697. The molecule has 7 nitrogen and oxygen atoms in total. The summed E-state index contributed by atoms with van der Waals surface area (Å²) >= 11 is 0. The van der Waals surface area contributed by atoms with E-state index in [-0.39, 0.29) is 11.9 Å². The highest BCUT2D eigenvalue weighted by atomic mass is 16.5. The first-order valence-electron chi connectivity index (χ1n) is 9.50. The number of amides is 1. The number of carbonyl (C=O) groups is 1. The number of hydrogen-bond donors (Lipinski definition) is 0. The van der Waals surface area contributed by atoms with E-state index in [1.807, 2.05) is 42.5 Å². The Bertz CT molecular complexity index is 969. The number of furan rings is 2. The van der Waals surface area contributed by atoms with E-state index in [0.29, 0.717) is 31.9 Å². The fourth-order valence-electron chi connectivity index (χ4n) is 3.74. The summed E-state index contributed by atoms with van der Waals surface area (Å²) in [6, 6.07) is 13.3. The standard InChI is InChI=1S/C21H21N3O4/c25-21(14-23-7-10-26-11-8-23)24-17(19-6-3-9-27-19)13-16(22-24)20-12-15-4-1-2-5-18(15)28-20/h1-6,9,12,17H,7-8,10-11,13-14H2. The Kier molecular flexibility index (Phi) is 4.46. The van der Waals surface area contributed by atoms with Gasteiger partial charge in [-0.2, -0.15) is 5.10 Å². The summed E-state index contributed by atoms with van der Waals surface area (Å²) < 4.78 is 16.9. The third-order valence-electron chi connectivity index (χ3n) is 5.21. The molecule has 1 unspecified atom stereocenters. The van der Waals surface area contributed by atoms with Crippen molar-refractivity contribution in [1.82, 2.24) is 9.91 Å². The molecule has 0 spiro atoms. The summed E-state index contributed by atoms with van der Waals surface area (Å²) in [7, 11) is 0. The van der Waals surface area contributed by atoms with Crippen LogP contribution in [-0.4, -0.2) is 54.4 Å². The van der Waals surface area contributed by atoms with E-state index in [9.17, 15) is 4.79 Å². The lowest BCUT2D eigenvalue weighted by Crippen LogP contribution is -2.43. The first kappa shape index (κ1) is 17.2. The van der Waals surface area contributed by atoms with Crippen LogP contribution in [-0.2, 0) is 9.53 Å². The van der Waals surface area contributed by atoms with E-state index in [0.717, 1.165) is 35.5 Å². The molecule has 1 atom stereocenters. The molecule has 0 aliphatic carbocycles. The molecule has 1 aromatic carbocycles. The van der Waals surface area contributed by atoms with Gasteiger partial charge < -0.3 is 13.6 Å². The number of carbonyl (C=O) groups excluding carboxylic acids is 1. The Balaban J connectivity index is 1.43. The third-order valence-corrected chi connectivity index (χ3v) is 5.21. The van der Waals surface area contributed by atoms with Crippen molar-refractivity contribution in [2.24, 2.45) is 5.10 Å². The molecular formula is C21H21N3O4. The van der Waals surface area contributed by atoms with Crippen molar-refractivity contribution in [2.45, 2.75) is 12.5 Å². The van der Waals surface area contributed by atoms with Crippen LogP contribution in [0.2, 0.25) is 0 Å². The molecule has 3 aromatic rings. The minimum Gasteiger partial charge on any atom is -0.467 e. The molecule has 2 aliphatic heterocycles. The fourth-order valence-corrected chi connectivity index (χ4v) is 3.74. The second kappa shape index (κ2) is 7.26. The SMILES string of the molecule is O=C(CN1CCOCC1)N1N=C(c2cc3ccccc3o2)CC1c1ccco1. The number of rotatable bonds is 4. The Hall–Kier alpha value is -2.90. The van der Waals surface area contributed by atoms with Gasteiger partial charge in [-0.05, 0) is 24.3 Å². The maximum atomic E-state index is 13.0. The molecule has 0 radical (unpaired) electrons. The predicted molar refractivity (Wildman–Crippen MR) is 103 cm³/mol. The van der Waals surface area contributed by atoms with Crippen LogP contribution in [0, 0.1) is 0 Å². The summed E-state index contributed by atoms with van der Waals surface area (Å²) in [5.74, 6) is 1.37. The monoisotopic (exact) mass is 379 g/mol. The average Bonchev–Trinajstić information content (AvgIpc) is 3.46. The zero-order valence-electron chi connectivity index (χ0n) is 15.4. The van der Waals surface area contributed by atoms with Crippen LogP contribution in [0.25, 0.3) is 11.0 Å². The van der Waals surface area contributed by atoms with Crippen LogP contribution in [0.1, 0.15) is 24.0 Å². The molecule has 0 bridgehead atoms. The van der Waals surface area contributed by atoms with E-state index in [1.54, 1.807) is 11.3 Å². The smallest absolute Gasteiger partial charge is 0.257 e. The number of morpholine rings is 1. The molecule has 5 rings (SSSR count). The van der Waals surface area contributed by atoms with Crippen molar-refractivity contribution in [3.8, 4) is 0 Å². The predicted octanol–water partition coefficient (Wildman–Crippen LogP) is 3.04. The highest BCUT2D eigenvalue weighted by molar-refractivity contribution is 6.03. The van der Waals surface area contributed by atoms with Crippen LogP contribution >= 0.6 is 0 Å². The molecule has 28 heavy (non-hydrogen) atoms. The second-order valence-corrected chi connectivity index (χ2v) is 7.06. The Morgan fingerprint density at radius 1 is 1.14 bits per heavy atom. The number of fused-ring (bicyclic) bond motifs is 1. The summed E-state index contributed by atoms with van der Waals surface area (Å²) in [5, 5.41) is 7.22. The lowest BCUT2D eigenvalue weighted by atomic mass is 10.1. The Morgan fingerprint density at radius 2 is 2.00 bits per heavy atom. The van der Waals surface area contributed by atoms with Crippen molar-refractivity contribution in [3.05, 3.63) is 60.2 Å². The van der Waals surface area contributed by atoms with Gasteiger partial charge in [0.2, 0.25) is 0 Å². The van der Waals surface area contributed by atoms with E-state index < -0.39 is 0 Å². The summed E-state index contributed by atoms with van der Waals surface area (Å²) in [6.07, 6.45) is 2.18. The lowest BCUT2D eigenvalue weighted by molar-refractivity contribution is -0.135. The van der Waals surface area contributed by atoms with Crippen LogP contribution < -0.4 is 0 Å². The number of hydrogen-bond acceptors (Lipinski definition) is 6. The Morgan fingerprint density at radius 3 is 2.79 bits per heavy atom. The molecule has 4 heterocycles. The highest BCUT2D eigenvalue weighted by Gasteiger charge is 2.36. The fraction of sp³-hybridized carbons (Fsp3) is 0.333. The zero-order valence-corrected chi connectivity index (χ0v) is 15.4. The normalized spacial score (nSPS) is 20.6. The second-order valence-electron chi connectivity index (χ2n) is 7.06. The number of nitrogens with zero attached hydrogens (tertiary/aromatic N) is 3. The lowest BCUT2D eigenvalue weighted by Gasteiger charge is -2.28. The van der Waals surface area contributed by atoms with Gasteiger partial charge in [-0.15, -0.1) is 0 Å². The molecule has 1 saturated heterocycles. The zero-order chi connectivity index (χ0) is 18.9. The van der Waals surface area contributed by atoms with Gasteiger partial charge in [0.1, 0.15) is 23.1 Å². The van der Waals surface area contributed by atoms with Gasteiger partial charge in [0, 0.05) is 24.9 Å². The van der Waals surface area contributed by atoms with E-state index in [2.05, 4.69) is 10.0 Å². The minimum atomic E-state index is -0.258. The summed E-state index contributed by atoms with van der Waals surface area (Å²) in [6.45, 7) is 3.14. The van der Waals surface area contributed by atoms with Gasteiger partial charge in [-0.25, -0.2) is 5.01 Å². The summed E-state index contributed by atoms with van der Waals surface area (Å²) in [4.78, 5) is 15.1. The maximum absolute atomic E-state index is 13.0. The van der Waals surface area contributed by atoms with Gasteiger partial charge in [-0.1, -0.05) is 18.2 Å². The average molecular weight is 379 g/mol. The van der Waals surface area contributed by atoms with Gasteiger partial charge in [0.15, 0.2) is 5.76 Å².